The fraction of sp³-hybridized carbons (Fsp3) is 0.226. The summed E-state index contributed by atoms with van der Waals surface area (Å²) in [5.74, 6) is -1.77. The van der Waals surface area contributed by atoms with Crippen molar-refractivity contribution in [3.63, 3.8) is 0 Å². The molecule has 0 amide bonds. The standard InChI is InChI=1S/C31H24FNO4/c1-31(2)15-23-26(24(34)16-31)25(27-28(33-23)21-5-3-4-6-22(21)29(27)35)17-9-13-20(14-10-17)37-30(36)18-7-11-19(32)12-8-18/h3-14,25,27H,15-16H2,1-2H3/t25-,27-/m1/s1. The Morgan fingerprint density at radius 1 is 0.892 bits per heavy atom. The van der Waals surface area contributed by atoms with E-state index in [0.717, 1.165) is 22.5 Å². The van der Waals surface area contributed by atoms with Gasteiger partial charge < -0.3 is 4.74 Å². The van der Waals surface area contributed by atoms with E-state index in [-0.39, 0.29) is 22.5 Å². The molecule has 1 heterocycles. The monoisotopic (exact) mass is 493 g/mol. The van der Waals surface area contributed by atoms with Crippen molar-refractivity contribution in [3.8, 4) is 5.75 Å². The van der Waals surface area contributed by atoms with Gasteiger partial charge in [0.05, 0.1) is 17.2 Å². The second kappa shape index (κ2) is 8.44. The Labute approximate surface area is 213 Å². The number of carbonyl (C=O) groups is 3. The fourth-order valence-electron chi connectivity index (χ4n) is 5.74. The van der Waals surface area contributed by atoms with Gasteiger partial charge in [-0.15, -0.1) is 0 Å². The van der Waals surface area contributed by atoms with E-state index in [9.17, 15) is 18.8 Å². The number of fused-ring (bicyclic) bond motifs is 3. The van der Waals surface area contributed by atoms with E-state index in [1.54, 1.807) is 24.3 Å². The summed E-state index contributed by atoms with van der Waals surface area (Å²) < 4.78 is 18.6. The van der Waals surface area contributed by atoms with E-state index in [2.05, 4.69) is 13.8 Å². The maximum Gasteiger partial charge on any atom is 0.343 e. The Morgan fingerprint density at radius 3 is 2.27 bits per heavy atom. The molecule has 6 rings (SSSR count). The number of Topliss-reactive ketones (excluding diaryl/α,β-unsaturated/α-hetero) is 2. The molecule has 0 saturated carbocycles. The number of aliphatic imine (C=N–C) groups is 1. The van der Waals surface area contributed by atoms with Crippen LogP contribution in [0.4, 0.5) is 4.39 Å². The van der Waals surface area contributed by atoms with Crippen LogP contribution in [-0.2, 0) is 4.79 Å². The molecule has 0 N–H and O–H groups in total. The second-order valence-corrected chi connectivity index (χ2v) is 10.6. The highest BCUT2D eigenvalue weighted by molar-refractivity contribution is 6.30. The Kier molecular flexibility index (Phi) is 5.30. The van der Waals surface area contributed by atoms with Crippen LogP contribution >= 0.6 is 0 Å². The number of esters is 1. The smallest absolute Gasteiger partial charge is 0.343 e. The van der Waals surface area contributed by atoms with Crippen molar-refractivity contribution in [2.75, 3.05) is 0 Å². The van der Waals surface area contributed by atoms with Gasteiger partial charge in [-0.3, -0.25) is 14.6 Å². The van der Waals surface area contributed by atoms with Crippen molar-refractivity contribution >= 4 is 23.2 Å². The maximum absolute atomic E-state index is 13.6. The summed E-state index contributed by atoms with van der Waals surface area (Å²) in [6.07, 6.45) is 1.05. The number of carbonyl (C=O) groups excluding carboxylic acids is 3. The van der Waals surface area contributed by atoms with E-state index in [1.807, 2.05) is 24.3 Å². The first-order chi connectivity index (χ1) is 17.7. The van der Waals surface area contributed by atoms with Gasteiger partial charge >= 0.3 is 5.97 Å². The summed E-state index contributed by atoms with van der Waals surface area (Å²) in [4.78, 5) is 44.5. The number of rotatable bonds is 3. The molecule has 2 atom stereocenters. The topological polar surface area (TPSA) is 72.8 Å². The highest BCUT2D eigenvalue weighted by atomic mass is 19.1. The molecule has 0 spiro atoms. The molecule has 0 radical (unpaired) electrons. The van der Waals surface area contributed by atoms with Crippen LogP contribution in [0, 0.1) is 17.2 Å². The van der Waals surface area contributed by atoms with Crippen molar-refractivity contribution in [3.05, 3.63) is 112 Å². The maximum atomic E-state index is 13.6. The van der Waals surface area contributed by atoms with Crippen molar-refractivity contribution < 1.29 is 23.5 Å². The molecule has 1 aliphatic heterocycles. The zero-order valence-corrected chi connectivity index (χ0v) is 20.5. The van der Waals surface area contributed by atoms with Gasteiger partial charge in [-0.2, -0.15) is 0 Å². The molecule has 5 nitrogen and oxygen atoms in total. The fourth-order valence-corrected chi connectivity index (χ4v) is 5.74. The first kappa shape index (κ1) is 23.2. The third-order valence-electron chi connectivity index (χ3n) is 7.37. The van der Waals surface area contributed by atoms with Gasteiger partial charge in [0, 0.05) is 34.7 Å². The summed E-state index contributed by atoms with van der Waals surface area (Å²) in [5, 5.41) is 0. The van der Waals surface area contributed by atoms with Crippen LogP contribution in [0.5, 0.6) is 5.75 Å². The zero-order valence-electron chi connectivity index (χ0n) is 20.5. The molecule has 0 aromatic heterocycles. The predicted molar refractivity (Wildman–Crippen MR) is 136 cm³/mol. The third-order valence-corrected chi connectivity index (χ3v) is 7.37. The lowest BCUT2D eigenvalue weighted by Crippen LogP contribution is -2.37. The van der Waals surface area contributed by atoms with E-state index in [4.69, 9.17) is 9.73 Å². The lowest BCUT2D eigenvalue weighted by Gasteiger charge is -2.38. The van der Waals surface area contributed by atoms with Gasteiger partial charge in [0.25, 0.3) is 0 Å². The number of ketones is 2. The molecule has 6 heteroatoms. The molecule has 3 aliphatic rings. The molecular formula is C31H24FNO4. The quantitative estimate of drug-likeness (QED) is 0.327. The lowest BCUT2D eigenvalue weighted by atomic mass is 9.66. The van der Waals surface area contributed by atoms with E-state index < -0.39 is 23.6 Å². The number of hydrogen-bond donors (Lipinski definition) is 0. The SMILES string of the molecule is CC1(C)CC(=O)C2=C(C1)N=C1c3ccccc3C(=O)[C@@H]1[C@@H]2c1ccc(OC(=O)c2ccc(F)cc2)cc1. The molecular weight excluding hydrogens is 469 g/mol. The summed E-state index contributed by atoms with van der Waals surface area (Å²) in [6, 6.07) is 19.5. The molecule has 0 saturated heterocycles. The number of benzene rings is 3. The Hall–Kier alpha value is -4.19. The van der Waals surface area contributed by atoms with Crippen LogP contribution in [0.2, 0.25) is 0 Å². The van der Waals surface area contributed by atoms with Crippen molar-refractivity contribution in [1.82, 2.24) is 0 Å². The molecule has 184 valence electrons. The number of hydrogen-bond acceptors (Lipinski definition) is 5. The van der Waals surface area contributed by atoms with Crippen LogP contribution in [0.15, 0.2) is 89.1 Å². The highest BCUT2D eigenvalue weighted by Crippen LogP contribution is 2.51. The Bertz CT molecular complexity index is 1530. The number of ether oxygens (including phenoxy) is 1. The second-order valence-electron chi connectivity index (χ2n) is 10.6. The average Bonchev–Trinajstić information content (AvgIpc) is 3.15. The van der Waals surface area contributed by atoms with Crippen LogP contribution in [0.25, 0.3) is 0 Å². The molecule has 0 unspecified atom stereocenters. The van der Waals surface area contributed by atoms with Crippen molar-refractivity contribution in [2.45, 2.75) is 32.6 Å². The molecule has 2 aliphatic carbocycles. The molecule has 3 aromatic rings. The van der Waals surface area contributed by atoms with E-state index in [0.29, 0.717) is 29.7 Å². The Balaban J connectivity index is 1.38. The predicted octanol–water partition coefficient (Wildman–Crippen LogP) is 6.09. The van der Waals surface area contributed by atoms with E-state index >= 15 is 0 Å². The zero-order chi connectivity index (χ0) is 25.9. The minimum absolute atomic E-state index is 0.0228. The summed E-state index contributed by atoms with van der Waals surface area (Å²) in [6.45, 7) is 4.13. The minimum Gasteiger partial charge on any atom is -0.423 e. The first-order valence-electron chi connectivity index (χ1n) is 12.3. The molecule has 37 heavy (non-hydrogen) atoms. The van der Waals surface area contributed by atoms with Crippen molar-refractivity contribution in [2.24, 2.45) is 16.3 Å². The third kappa shape index (κ3) is 3.93. The average molecular weight is 494 g/mol. The molecule has 3 aromatic carbocycles. The van der Waals surface area contributed by atoms with Crippen molar-refractivity contribution in [1.29, 1.82) is 0 Å². The Morgan fingerprint density at radius 2 is 1.57 bits per heavy atom. The lowest BCUT2D eigenvalue weighted by molar-refractivity contribution is -0.118. The van der Waals surface area contributed by atoms with Crippen LogP contribution < -0.4 is 4.74 Å². The van der Waals surface area contributed by atoms with Crippen LogP contribution in [0.1, 0.15) is 64.4 Å². The number of nitrogens with zero attached hydrogens (tertiary/aromatic N) is 1. The summed E-state index contributed by atoms with van der Waals surface area (Å²) in [5.41, 5.74) is 4.37. The molecule has 0 fully saturated rings. The van der Waals surface area contributed by atoms with Gasteiger partial charge in [0.1, 0.15) is 11.6 Å². The van der Waals surface area contributed by atoms with Gasteiger partial charge in [-0.25, -0.2) is 9.18 Å². The van der Waals surface area contributed by atoms with Crippen LogP contribution in [0.3, 0.4) is 0 Å². The normalized spacial score (nSPS) is 21.6. The minimum atomic E-state index is -0.601. The number of allylic oxidation sites excluding steroid dienone is 2. The highest BCUT2D eigenvalue weighted by Gasteiger charge is 2.50. The van der Waals surface area contributed by atoms with Gasteiger partial charge in [0.2, 0.25) is 0 Å². The summed E-state index contributed by atoms with van der Waals surface area (Å²) >= 11 is 0. The number of halogens is 1. The summed E-state index contributed by atoms with van der Waals surface area (Å²) in [7, 11) is 0. The van der Waals surface area contributed by atoms with Crippen LogP contribution in [-0.4, -0.2) is 23.2 Å². The van der Waals surface area contributed by atoms with E-state index in [1.165, 1.54) is 24.3 Å². The van der Waals surface area contributed by atoms with Gasteiger partial charge in [-0.05, 0) is 53.8 Å². The van der Waals surface area contributed by atoms with Gasteiger partial charge in [0.15, 0.2) is 11.6 Å². The molecule has 0 bridgehead atoms. The largest absolute Gasteiger partial charge is 0.423 e. The first-order valence-corrected chi connectivity index (χ1v) is 12.3. The van der Waals surface area contributed by atoms with Gasteiger partial charge in [-0.1, -0.05) is 50.2 Å².